The lowest BCUT2D eigenvalue weighted by Gasteiger charge is -2.07. The number of hydrogen-bond acceptors (Lipinski definition) is 1. The summed E-state index contributed by atoms with van der Waals surface area (Å²) in [4.78, 5) is 10.7. The number of carboxylic acids is 1. The molecule has 0 saturated carbocycles. The number of halogens is 4. The summed E-state index contributed by atoms with van der Waals surface area (Å²) in [6, 6.07) is 1.31. The van der Waals surface area contributed by atoms with Crippen molar-refractivity contribution >= 4 is 52.4 Å². The monoisotopic (exact) mass is 272 g/mol. The van der Waals surface area contributed by atoms with Gasteiger partial charge in [0.15, 0.2) is 0 Å². The number of carboxylic acid groups (broad SMARTS) is 1. The average Bonchev–Trinajstić information content (AvgIpc) is 2.14. The second-order valence-corrected chi connectivity index (χ2v) is 3.87. The van der Waals surface area contributed by atoms with Crippen molar-refractivity contribution in [3.8, 4) is 0 Å². The van der Waals surface area contributed by atoms with Gasteiger partial charge in [-0.1, -0.05) is 34.8 Å². The molecule has 0 atom stereocenters. The van der Waals surface area contributed by atoms with E-state index in [9.17, 15) is 4.79 Å². The minimum Gasteiger partial charge on any atom is -0.478 e. The van der Waals surface area contributed by atoms with Gasteiger partial charge in [0, 0.05) is 5.88 Å². The van der Waals surface area contributed by atoms with Crippen LogP contribution in [0.5, 0.6) is 0 Å². The van der Waals surface area contributed by atoms with Gasteiger partial charge in [0.1, 0.15) is 0 Å². The van der Waals surface area contributed by atoms with E-state index in [-0.39, 0.29) is 26.5 Å². The Labute approximate surface area is 100 Å². The zero-order chi connectivity index (χ0) is 10.9. The zero-order valence-electron chi connectivity index (χ0n) is 6.65. The Hall–Kier alpha value is -0.150. The summed E-state index contributed by atoms with van der Waals surface area (Å²) in [5.74, 6) is -1.09. The second-order valence-electron chi connectivity index (χ2n) is 2.46. The van der Waals surface area contributed by atoms with E-state index < -0.39 is 5.97 Å². The van der Waals surface area contributed by atoms with Gasteiger partial charge in [-0.2, -0.15) is 0 Å². The molecular formula is C8H4Cl4O2. The largest absolute Gasteiger partial charge is 0.478 e. The van der Waals surface area contributed by atoms with Crippen molar-refractivity contribution in [2.24, 2.45) is 0 Å². The first-order chi connectivity index (χ1) is 6.49. The summed E-state index contributed by atoms with van der Waals surface area (Å²) in [6.45, 7) is 0. The van der Waals surface area contributed by atoms with Crippen LogP contribution in [-0.2, 0) is 5.88 Å². The van der Waals surface area contributed by atoms with E-state index in [4.69, 9.17) is 51.5 Å². The van der Waals surface area contributed by atoms with Crippen molar-refractivity contribution in [3.63, 3.8) is 0 Å². The molecule has 0 aromatic heterocycles. The Balaban J connectivity index is 3.48. The highest BCUT2D eigenvalue weighted by molar-refractivity contribution is 6.49. The topological polar surface area (TPSA) is 37.3 Å². The minimum atomic E-state index is -1.17. The van der Waals surface area contributed by atoms with Crippen LogP contribution >= 0.6 is 46.4 Å². The van der Waals surface area contributed by atoms with Gasteiger partial charge in [-0.15, -0.1) is 11.6 Å². The predicted octanol–water partition coefficient (Wildman–Crippen LogP) is 4.08. The third-order valence-electron chi connectivity index (χ3n) is 1.60. The maximum absolute atomic E-state index is 10.7. The Kier molecular flexibility index (Phi) is 3.90. The lowest BCUT2D eigenvalue weighted by Crippen LogP contribution is -2.00. The molecule has 0 amide bonds. The van der Waals surface area contributed by atoms with Crippen molar-refractivity contribution < 1.29 is 9.90 Å². The molecule has 2 nitrogen and oxygen atoms in total. The van der Waals surface area contributed by atoms with Gasteiger partial charge < -0.3 is 5.11 Å². The first kappa shape index (κ1) is 11.9. The van der Waals surface area contributed by atoms with E-state index in [1.165, 1.54) is 6.07 Å². The van der Waals surface area contributed by atoms with E-state index in [2.05, 4.69) is 0 Å². The van der Waals surface area contributed by atoms with Crippen LogP contribution in [0.2, 0.25) is 15.1 Å². The maximum atomic E-state index is 10.7. The van der Waals surface area contributed by atoms with Crippen LogP contribution in [0.1, 0.15) is 15.9 Å². The lowest BCUT2D eigenvalue weighted by atomic mass is 10.1. The first-order valence-electron chi connectivity index (χ1n) is 3.44. The van der Waals surface area contributed by atoms with E-state index in [1.807, 2.05) is 0 Å². The van der Waals surface area contributed by atoms with Crippen molar-refractivity contribution in [1.82, 2.24) is 0 Å². The Morgan fingerprint density at radius 1 is 1.21 bits per heavy atom. The van der Waals surface area contributed by atoms with Crippen LogP contribution < -0.4 is 0 Å². The molecule has 1 N–H and O–H groups in total. The first-order valence-corrected chi connectivity index (χ1v) is 5.11. The summed E-state index contributed by atoms with van der Waals surface area (Å²) in [6.07, 6.45) is 0. The molecule has 76 valence electrons. The van der Waals surface area contributed by atoms with Gasteiger partial charge in [0.25, 0.3) is 0 Å². The normalized spacial score (nSPS) is 10.3. The fourth-order valence-electron chi connectivity index (χ4n) is 0.909. The SMILES string of the molecule is O=C(O)c1cc(CCl)c(Cl)c(Cl)c1Cl. The van der Waals surface area contributed by atoms with Crippen LogP contribution in [0.4, 0.5) is 0 Å². The smallest absolute Gasteiger partial charge is 0.337 e. The molecule has 0 aliphatic carbocycles. The van der Waals surface area contributed by atoms with Gasteiger partial charge in [-0.3, -0.25) is 0 Å². The molecule has 0 spiro atoms. The number of rotatable bonds is 2. The van der Waals surface area contributed by atoms with E-state index >= 15 is 0 Å². The maximum Gasteiger partial charge on any atom is 0.337 e. The van der Waals surface area contributed by atoms with E-state index in [0.29, 0.717) is 5.56 Å². The molecule has 0 saturated heterocycles. The molecule has 1 aromatic rings. The lowest BCUT2D eigenvalue weighted by molar-refractivity contribution is 0.0697. The molecule has 0 bridgehead atoms. The van der Waals surface area contributed by atoms with Gasteiger partial charge in [-0.25, -0.2) is 4.79 Å². The molecule has 1 aromatic carbocycles. The highest BCUT2D eigenvalue weighted by Crippen LogP contribution is 2.36. The highest BCUT2D eigenvalue weighted by atomic mass is 35.5. The molecule has 1 rings (SSSR count). The highest BCUT2D eigenvalue weighted by Gasteiger charge is 2.17. The second kappa shape index (κ2) is 4.58. The van der Waals surface area contributed by atoms with Gasteiger partial charge in [0.05, 0.1) is 20.6 Å². The van der Waals surface area contributed by atoms with Crippen LogP contribution in [0.3, 0.4) is 0 Å². The van der Waals surface area contributed by atoms with Crippen LogP contribution in [-0.4, -0.2) is 11.1 Å². The van der Waals surface area contributed by atoms with Gasteiger partial charge in [0.2, 0.25) is 0 Å². The Morgan fingerprint density at radius 2 is 1.79 bits per heavy atom. The molecular weight excluding hydrogens is 270 g/mol. The molecule has 0 heterocycles. The molecule has 0 aliphatic rings. The standard InChI is InChI=1S/C8H4Cl4O2/c9-2-3-1-4(8(13)14)6(11)7(12)5(3)10/h1H,2H2,(H,13,14). The van der Waals surface area contributed by atoms with Crippen molar-refractivity contribution in [2.45, 2.75) is 5.88 Å². The van der Waals surface area contributed by atoms with Gasteiger partial charge in [-0.05, 0) is 11.6 Å². The fraction of sp³-hybridized carbons (Fsp3) is 0.125. The number of carbonyl (C=O) groups is 1. The molecule has 0 radical (unpaired) electrons. The zero-order valence-corrected chi connectivity index (χ0v) is 9.68. The van der Waals surface area contributed by atoms with Crippen LogP contribution in [0.15, 0.2) is 6.07 Å². The van der Waals surface area contributed by atoms with Crippen molar-refractivity contribution in [1.29, 1.82) is 0 Å². The molecule has 0 fully saturated rings. The van der Waals surface area contributed by atoms with Crippen LogP contribution in [0.25, 0.3) is 0 Å². The van der Waals surface area contributed by atoms with E-state index in [1.54, 1.807) is 0 Å². The van der Waals surface area contributed by atoms with Gasteiger partial charge >= 0.3 is 5.97 Å². The molecule has 0 unspecified atom stereocenters. The van der Waals surface area contributed by atoms with Crippen molar-refractivity contribution in [2.75, 3.05) is 0 Å². The third-order valence-corrected chi connectivity index (χ3v) is 3.28. The Morgan fingerprint density at radius 3 is 2.21 bits per heavy atom. The summed E-state index contributed by atoms with van der Waals surface area (Å²) in [5, 5.41) is 8.91. The average molecular weight is 274 g/mol. The molecule has 6 heteroatoms. The Bertz CT molecular complexity index is 389. The van der Waals surface area contributed by atoms with Crippen LogP contribution in [0, 0.1) is 0 Å². The summed E-state index contributed by atoms with van der Waals surface area (Å²) >= 11 is 22.7. The number of alkyl halides is 1. The summed E-state index contributed by atoms with van der Waals surface area (Å²) < 4.78 is 0. The summed E-state index contributed by atoms with van der Waals surface area (Å²) in [7, 11) is 0. The number of benzene rings is 1. The third kappa shape index (κ3) is 2.09. The molecule has 0 aliphatic heterocycles. The molecule has 14 heavy (non-hydrogen) atoms. The fourth-order valence-corrected chi connectivity index (χ4v) is 1.91. The minimum absolute atomic E-state index is 0.0175. The number of aromatic carboxylic acids is 1. The quantitative estimate of drug-likeness (QED) is 0.651. The summed E-state index contributed by atoms with van der Waals surface area (Å²) in [5.41, 5.74) is 0.344. The number of hydrogen-bond donors (Lipinski definition) is 1. The van der Waals surface area contributed by atoms with Crippen molar-refractivity contribution in [3.05, 3.63) is 32.3 Å². The predicted molar refractivity (Wildman–Crippen MR) is 58.0 cm³/mol. The van der Waals surface area contributed by atoms with E-state index in [0.717, 1.165) is 0 Å².